The highest BCUT2D eigenvalue weighted by atomic mass is 16.5. The smallest absolute Gasteiger partial charge is 0.228 e. The molecule has 3 atom stereocenters. The Morgan fingerprint density at radius 2 is 2.20 bits per heavy atom. The maximum atomic E-state index is 12.1. The molecule has 1 saturated heterocycles. The predicted molar refractivity (Wildman–Crippen MR) is 78.8 cm³/mol. The minimum Gasteiger partial charge on any atom is -0.377 e. The number of nitrogens with zero attached hydrogens (tertiary/aromatic N) is 1. The van der Waals surface area contributed by atoms with Crippen LogP contribution in [0.15, 0.2) is 24.3 Å². The Morgan fingerprint density at radius 1 is 1.40 bits per heavy atom. The first-order chi connectivity index (χ1) is 9.66. The van der Waals surface area contributed by atoms with Crippen LogP contribution in [0.3, 0.4) is 0 Å². The summed E-state index contributed by atoms with van der Waals surface area (Å²) in [6.45, 7) is 3.01. The van der Waals surface area contributed by atoms with Crippen molar-refractivity contribution in [3.63, 3.8) is 0 Å². The molecule has 0 aliphatic carbocycles. The highest BCUT2D eigenvalue weighted by Gasteiger charge is 2.31. The van der Waals surface area contributed by atoms with E-state index in [2.05, 4.69) is 18.3 Å². The van der Waals surface area contributed by atoms with Gasteiger partial charge in [0.25, 0.3) is 0 Å². The molecule has 4 heteroatoms. The van der Waals surface area contributed by atoms with Crippen molar-refractivity contribution >= 4 is 11.6 Å². The van der Waals surface area contributed by atoms with Crippen LogP contribution < -0.4 is 10.2 Å². The third-order valence-electron chi connectivity index (χ3n) is 4.41. The number of benzene rings is 1. The van der Waals surface area contributed by atoms with E-state index >= 15 is 0 Å². The van der Waals surface area contributed by atoms with Gasteiger partial charge in [-0.15, -0.1) is 0 Å². The van der Waals surface area contributed by atoms with Gasteiger partial charge in [0.1, 0.15) is 0 Å². The summed E-state index contributed by atoms with van der Waals surface area (Å²) in [5.74, 6) is 0.167. The molecule has 4 nitrogen and oxygen atoms in total. The third kappa shape index (κ3) is 2.45. The minimum absolute atomic E-state index is 0.0918. The van der Waals surface area contributed by atoms with E-state index in [0.717, 1.165) is 25.1 Å². The van der Waals surface area contributed by atoms with E-state index in [1.54, 1.807) is 4.90 Å². The van der Waals surface area contributed by atoms with Gasteiger partial charge in [-0.3, -0.25) is 4.79 Å². The summed E-state index contributed by atoms with van der Waals surface area (Å²) in [6.07, 6.45) is 3.04. The number of rotatable bonds is 3. The summed E-state index contributed by atoms with van der Waals surface area (Å²) in [5, 5.41) is 3.60. The number of anilines is 1. The summed E-state index contributed by atoms with van der Waals surface area (Å²) in [7, 11) is 1.85. The SMILES string of the molecule is CC(NC1CC(=O)N(C)c2ccccc21)C1CCCO1. The number of para-hydroxylation sites is 1. The van der Waals surface area contributed by atoms with E-state index in [0.29, 0.717) is 6.42 Å². The Bertz CT molecular complexity index is 497. The van der Waals surface area contributed by atoms with Crippen LogP contribution >= 0.6 is 0 Å². The lowest BCUT2D eigenvalue weighted by molar-refractivity contribution is -0.119. The molecule has 1 aromatic rings. The summed E-state index contributed by atoms with van der Waals surface area (Å²) in [6, 6.07) is 8.50. The molecular weight excluding hydrogens is 252 g/mol. The molecule has 2 heterocycles. The Morgan fingerprint density at radius 3 is 2.95 bits per heavy atom. The third-order valence-corrected chi connectivity index (χ3v) is 4.41. The first-order valence-electron chi connectivity index (χ1n) is 7.40. The Hall–Kier alpha value is -1.39. The molecule has 1 aromatic carbocycles. The Labute approximate surface area is 120 Å². The zero-order valence-electron chi connectivity index (χ0n) is 12.1. The van der Waals surface area contributed by atoms with Gasteiger partial charge in [0, 0.05) is 37.8 Å². The van der Waals surface area contributed by atoms with Crippen molar-refractivity contribution in [1.82, 2.24) is 5.32 Å². The average molecular weight is 274 g/mol. The normalized spacial score (nSPS) is 27.5. The highest BCUT2D eigenvalue weighted by molar-refractivity contribution is 5.96. The first-order valence-corrected chi connectivity index (χ1v) is 7.40. The topological polar surface area (TPSA) is 41.6 Å². The number of hydrogen-bond donors (Lipinski definition) is 1. The monoisotopic (exact) mass is 274 g/mol. The van der Waals surface area contributed by atoms with Gasteiger partial charge < -0.3 is 15.0 Å². The zero-order valence-corrected chi connectivity index (χ0v) is 12.1. The lowest BCUT2D eigenvalue weighted by Gasteiger charge is -2.34. The van der Waals surface area contributed by atoms with E-state index in [1.165, 1.54) is 5.56 Å². The minimum atomic E-state index is 0.0918. The van der Waals surface area contributed by atoms with Crippen molar-refractivity contribution in [2.24, 2.45) is 0 Å². The largest absolute Gasteiger partial charge is 0.377 e. The van der Waals surface area contributed by atoms with Crippen molar-refractivity contribution < 1.29 is 9.53 Å². The van der Waals surface area contributed by atoms with E-state index in [4.69, 9.17) is 4.74 Å². The van der Waals surface area contributed by atoms with Gasteiger partial charge in [0.05, 0.1) is 6.10 Å². The van der Waals surface area contributed by atoms with Crippen LogP contribution in [0, 0.1) is 0 Å². The summed E-state index contributed by atoms with van der Waals surface area (Å²) in [5.41, 5.74) is 2.22. The standard InChI is InChI=1S/C16H22N2O2/c1-11(15-8-5-9-20-15)17-13-10-16(19)18(2)14-7-4-3-6-12(13)14/h3-4,6-7,11,13,15,17H,5,8-10H2,1-2H3. The van der Waals surface area contributed by atoms with Crippen LogP contribution in [0.5, 0.6) is 0 Å². The number of ether oxygens (including phenoxy) is 1. The number of carbonyl (C=O) groups is 1. The van der Waals surface area contributed by atoms with Crippen LogP contribution in [0.1, 0.15) is 37.8 Å². The molecule has 0 spiro atoms. The zero-order chi connectivity index (χ0) is 14.1. The van der Waals surface area contributed by atoms with Gasteiger partial charge in [-0.2, -0.15) is 0 Å². The first kappa shape index (κ1) is 13.6. The maximum Gasteiger partial charge on any atom is 0.228 e. The van der Waals surface area contributed by atoms with Crippen LogP contribution in [0.2, 0.25) is 0 Å². The second-order valence-electron chi connectivity index (χ2n) is 5.78. The van der Waals surface area contributed by atoms with Gasteiger partial charge in [-0.25, -0.2) is 0 Å². The molecule has 20 heavy (non-hydrogen) atoms. The van der Waals surface area contributed by atoms with Gasteiger partial charge in [0.2, 0.25) is 5.91 Å². The van der Waals surface area contributed by atoms with Crippen LogP contribution in [-0.2, 0) is 9.53 Å². The summed E-state index contributed by atoms with van der Waals surface area (Å²) < 4.78 is 5.73. The molecule has 0 bridgehead atoms. The van der Waals surface area contributed by atoms with E-state index in [9.17, 15) is 4.79 Å². The number of fused-ring (bicyclic) bond motifs is 1. The lowest BCUT2D eigenvalue weighted by Crippen LogP contribution is -2.44. The van der Waals surface area contributed by atoms with Crippen molar-refractivity contribution in [3.05, 3.63) is 29.8 Å². The summed E-state index contributed by atoms with van der Waals surface area (Å²) >= 11 is 0. The van der Waals surface area contributed by atoms with Crippen LogP contribution in [0.4, 0.5) is 5.69 Å². The highest BCUT2D eigenvalue weighted by Crippen LogP contribution is 2.34. The molecule has 3 unspecified atom stereocenters. The molecule has 0 radical (unpaired) electrons. The predicted octanol–water partition coefficient (Wildman–Crippen LogP) is 2.25. The summed E-state index contributed by atoms with van der Waals surface area (Å²) in [4.78, 5) is 13.9. The fourth-order valence-electron chi connectivity index (χ4n) is 3.21. The maximum absolute atomic E-state index is 12.1. The average Bonchev–Trinajstić information content (AvgIpc) is 2.99. The van der Waals surface area contributed by atoms with Crippen molar-refractivity contribution in [2.45, 2.75) is 44.4 Å². The molecule has 1 amide bonds. The number of carbonyl (C=O) groups excluding carboxylic acids is 1. The Kier molecular flexibility index (Phi) is 3.76. The Balaban J connectivity index is 1.79. The molecule has 1 fully saturated rings. The second kappa shape index (κ2) is 5.54. The van der Waals surface area contributed by atoms with Crippen LogP contribution in [-0.4, -0.2) is 31.7 Å². The molecule has 108 valence electrons. The number of nitrogens with one attached hydrogen (secondary N) is 1. The molecule has 1 N–H and O–H groups in total. The lowest BCUT2D eigenvalue weighted by atomic mass is 9.95. The van der Waals surface area contributed by atoms with Crippen molar-refractivity contribution in [3.8, 4) is 0 Å². The quantitative estimate of drug-likeness (QED) is 0.919. The second-order valence-corrected chi connectivity index (χ2v) is 5.78. The van der Waals surface area contributed by atoms with Crippen molar-refractivity contribution in [2.75, 3.05) is 18.6 Å². The van der Waals surface area contributed by atoms with Gasteiger partial charge in [0.15, 0.2) is 0 Å². The molecule has 3 rings (SSSR count). The van der Waals surface area contributed by atoms with Crippen molar-refractivity contribution in [1.29, 1.82) is 0 Å². The van der Waals surface area contributed by atoms with Crippen LogP contribution in [0.25, 0.3) is 0 Å². The fourth-order valence-corrected chi connectivity index (χ4v) is 3.21. The van der Waals surface area contributed by atoms with E-state index in [1.807, 2.05) is 25.2 Å². The molecular formula is C16H22N2O2. The van der Waals surface area contributed by atoms with E-state index in [-0.39, 0.29) is 24.1 Å². The molecule has 2 aliphatic heterocycles. The number of amides is 1. The molecule has 0 saturated carbocycles. The molecule has 0 aromatic heterocycles. The fraction of sp³-hybridized carbons (Fsp3) is 0.562. The van der Waals surface area contributed by atoms with E-state index < -0.39 is 0 Å². The number of hydrogen-bond acceptors (Lipinski definition) is 3. The van der Waals surface area contributed by atoms with Gasteiger partial charge in [-0.05, 0) is 31.4 Å². The molecule has 2 aliphatic rings. The van der Waals surface area contributed by atoms with Gasteiger partial charge in [-0.1, -0.05) is 18.2 Å². The van der Waals surface area contributed by atoms with Gasteiger partial charge >= 0.3 is 0 Å².